The lowest BCUT2D eigenvalue weighted by Gasteiger charge is -2.30. The maximum Gasteiger partial charge on any atom is 0.229 e. The number of nitriles is 1. The third kappa shape index (κ3) is 5.58. The molecule has 0 radical (unpaired) electrons. The van der Waals surface area contributed by atoms with Crippen molar-refractivity contribution in [1.82, 2.24) is 10.3 Å². The number of anilines is 1. The minimum atomic E-state index is -2.51. The van der Waals surface area contributed by atoms with Gasteiger partial charge in [0.25, 0.3) is 0 Å². The lowest BCUT2D eigenvalue weighted by Crippen LogP contribution is -2.42. The van der Waals surface area contributed by atoms with Gasteiger partial charge in [0.15, 0.2) is 0 Å². The fourth-order valence-electron chi connectivity index (χ4n) is 5.86. The van der Waals surface area contributed by atoms with Crippen molar-refractivity contribution in [3.05, 3.63) is 59.9 Å². The van der Waals surface area contributed by atoms with Crippen LogP contribution in [0.2, 0.25) is 0 Å². The predicted molar refractivity (Wildman–Crippen MR) is 151 cm³/mol. The second-order valence-electron chi connectivity index (χ2n) is 11.3. The number of nitrogens with zero attached hydrogens (tertiary/aromatic N) is 3. The van der Waals surface area contributed by atoms with Crippen molar-refractivity contribution in [2.24, 2.45) is 5.92 Å². The number of amides is 1. The molecule has 3 aliphatic rings. The van der Waals surface area contributed by atoms with Gasteiger partial charge in [0.2, 0.25) is 11.8 Å². The molecular formula is C30H31F2N5O3S. The quantitative estimate of drug-likeness (QED) is 0.392. The normalized spacial score (nSPS) is 23.0. The number of hydrogen-bond acceptors (Lipinski definition) is 7. The van der Waals surface area contributed by atoms with E-state index in [2.05, 4.69) is 21.3 Å². The van der Waals surface area contributed by atoms with Crippen LogP contribution in [0.4, 0.5) is 14.5 Å². The smallest absolute Gasteiger partial charge is 0.229 e. The summed E-state index contributed by atoms with van der Waals surface area (Å²) in [5.74, 6) is -1.30. The second kappa shape index (κ2) is 10.6. The molecule has 11 heteroatoms. The summed E-state index contributed by atoms with van der Waals surface area (Å²) in [6, 6.07) is 13.1. The Kier molecular flexibility index (Phi) is 7.06. The van der Waals surface area contributed by atoms with Gasteiger partial charge in [-0.15, -0.1) is 0 Å². The van der Waals surface area contributed by atoms with Crippen LogP contribution in [0, 0.1) is 33.7 Å². The predicted octanol–water partition coefficient (Wildman–Crippen LogP) is 5.60. The van der Waals surface area contributed by atoms with Gasteiger partial charge in [-0.1, -0.05) is 25.0 Å². The number of nitrogens with one attached hydrogen (secondary N) is 2. The van der Waals surface area contributed by atoms with Crippen molar-refractivity contribution < 1.29 is 22.2 Å². The van der Waals surface area contributed by atoms with E-state index in [0.717, 1.165) is 36.2 Å². The van der Waals surface area contributed by atoms with Crippen LogP contribution in [0.25, 0.3) is 22.7 Å². The van der Waals surface area contributed by atoms with Crippen molar-refractivity contribution in [1.29, 1.82) is 10.0 Å². The van der Waals surface area contributed by atoms with Gasteiger partial charge < -0.3 is 14.6 Å². The Morgan fingerprint density at radius 3 is 2.49 bits per heavy atom. The van der Waals surface area contributed by atoms with Crippen molar-refractivity contribution in [2.45, 2.75) is 50.0 Å². The van der Waals surface area contributed by atoms with Crippen LogP contribution in [-0.4, -0.2) is 45.2 Å². The lowest BCUT2D eigenvalue weighted by atomic mass is 9.76. The second-order valence-corrected chi connectivity index (χ2v) is 13.7. The third-order valence-electron chi connectivity index (χ3n) is 8.47. The van der Waals surface area contributed by atoms with Crippen LogP contribution < -0.4 is 10.2 Å². The molecule has 2 N–H and O–H groups in total. The Morgan fingerprint density at radius 1 is 1.12 bits per heavy atom. The summed E-state index contributed by atoms with van der Waals surface area (Å²) in [6.07, 6.45) is 4.32. The van der Waals surface area contributed by atoms with E-state index >= 15 is 0 Å². The Balaban J connectivity index is 1.37. The first kappa shape index (κ1) is 27.4. The molecule has 1 amide bonds. The van der Waals surface area contributed by atoms with Gasteiger partial charge in [-0.3, -0.25) is 9.57 Å². The highest BCUT2D eigenvalue weighted by atomic mass is 32.2. The average molecular weight is 580 g/mol. The maximum absolute atomic E-state index is 14.8. The molecule has 1 aliphatic heterocycles. The molecule has 3 fully saturated rings. The molecule has 0 bridgehead atoms. The van der Waals surface area contributed by atoms with Crippen LogP contribution in [-0.2, 0) is 14.5 Å². The molecule has 0 spiro atoms. The summed E-state index contributed by atoms with van der Waals surface area (Å²) in [5, 5.41) is 12.5. The van der Waals surface area contributed by atoms with Crippen LogP contribution in [0.3, 0.4) is 0 Å². The number of carbonyl (C=O) groups is 1. The van der Waals surface area contributed by atoms with Crippen molar-refractivity contribution in [2.75, 3.05) is 29.5 Å². The zero-order valence-electron chi connectivity index (χ0n) is 22.5. The van der Waals surface area contributed by atoms with Crippen LogP contribution in [0.1, 0.15) is 50.2 Å². The molecule has 41 heavy (non-hydrogen) atoms. The number of aromatic nitrogens is 1. The van der Waals surface area contributed by atoms with E-state index in [1.54, 1.807) is 0 Å². The summed E-state index contributed by atoms with van der Waals surface area (Å²) in [6.45, 7) is 1.07. The maximum atomic E-state index is 14.8. The monoisotopic (exact) mass is 579 g/mol. The molecule has 2 atom stereocenters. The van der Waals surface area contributed by atoms with E-state index in [1.165, 1.54) is 6.07 Å². The van der Waals surface area contributed by atoms with Crippen LogP contribution in [0.15, 0.2) is 46.9 Å². The van der Waals surface area contributed by atoms with E-state index in [0.29, 0.717) is 61.7 Å². The van der Waals surface area contributed by atoms with E-state index in [-0.39, 0.29) is 23.3 Å². The van der Waals surface area contributed by atoms with Crippen LogP contribution >= 0.6 is 0 Å². The molecule has 3 aromatic rings. The van der Waals surface area contributed by atoms with Gasteiger partial charge in [-0.2, -0.15) is 5.26 Å². The first-order chi connectivity index (χ1) is 19.7. The highest BCUT2D eigenvalue weighted by molar-refractivity contribution is 7.92. The summed E-state index contributed by atoms with van der Waals surface area (Å²) >= 11 is 0. The fourth-order valence-corrected chi connectivity index (χ4v) is 7.10. The molecule has 214 valence electrons. The van der Waals surface area contributed by atoms with Crippen molar-refractivity contribution >= 4 is 21.3 Å². The highest BCUT2D eigenvalue weighted by Gasteiger charge is 2.47. The number of oxazole rings is 1. The molecule has 2 unspecified atom stereocenters. The van der Waals surface area contributed by atoms with E-state index in [1.807, 2.05) is 24.3 Å². The van der Waals surface area contributed by atoms with Crippen molar-refractivity contribution in [3.63, 3.8) is 0 Å². The van der Waals surface area contributed by atoms with E-state index < -0.39 is 32.8 Å². The molecule has 2 heterocycles. The topological polar surface area (TPSA) is 123 Å². The molecule has 2 aromatic carbocycles. The number of halogens is 2. The zero-order valence-corrected chi connectivity index (χ0v) is 23.3. The number of rotatable bonds is 6. The summed E-state index contributed by atoms with van der Waals surface area (Å²) in [5.41, 5.74) is 1.39. The molecule has 2 saturated carbocycles. The fraction of sp³-hybridized carbons (Fsp3) is 0.433. The molecule has 1 saturated heterocycles. The van der Waals surface area contributed by atoms with Crippen LogP contribution in [0.5, 0.6) is 0 Å². The first-order valence-corrected chi connectivity index (χ1v) is 15.9. The zero-order chi connectivity index (χ0) is 28.8. The molecule has 2 aliphatic carbocycles. The Labute approximate surface area is 237 Å². The summed E-state index contributed by atoms with van der Waals surface area (Å²) < 4.78 is 54.6. The number of carbonyl (C=O) groups excluding carboxylic acids is 1. The Morgan fingerprint density at radius 2 is 1.83 bits per heavy atom. The van der Waals surface area contributed by atoms with E-state index in [9.17, 15) is 23.0 Å². The summed E-state index contributed by atoms with van der Waals surface area (Å²) in [4.78, 5) is 20.2. The number of benzene rings is 2. The highest BCUT2D eigenvalue weighted by Crippen LogP contribution is 2.45. The number of hydrogen-bond donors (Lipinski definition) is 2. The minimum Gasteiger partial charge on any atom is -0.440 e. The third-order valence-corrected chi connectivity index (χ3v) is 10.2. The minimum absolute atomic E-state index is 0.0123. The van der Waals surface area contributed by atoms with Crippen molar-refractivity contribution in [3.8, 4) is 28.8 Å². The van der Waals surface area contributed by atoms with Gasteiger partial charge >= 0.3 is 0 Å². The SMILES string of the molecule is N#CC1(NC(=O)C2CCCCC2c2oc(-c3ccc(F)cc3F)nc2-c2ccc(N3CCS(=N)(=O)CC3)cc2)CC1. The van der Waals surface area contributed by atoms with E-state index in [4.69, 9.17) is 9.20 Å². The van der Waals surface area contributed by atoms with Gasteiger partial charge in [0.1, 0.15) is 28.6 Å². The standard InChI is InChI=1S/C30H31F2N5O3S/c31-20-7-10-24(25(32)17-20)29-35-26(19-5-8-21(9-6-19)37-13-15-41(34,39)16-14-37)27(40-29)22-3-1-2-4-23(22)28(38)36-30(18-33)11-12-30/h5-10,17,22-23,34H,1-4,11-16H2,(H,36,38). The van der Waals surface area contributed by atoms with Gasteiger partial charge in [0, 0.05) is 63.5 Å². The van der Waals surface area contributed by atoms with Gasteiger partial charge in [-0.05, 0) is 49.9 Å². The molecule has 8 nitrogen and oxygen atoms in total. The molecular weight excluding hydrogens is 548 g/mol. The Bertz CT molecular complexity index is 1610. The van der Waals surface area contributed by atoms with Gasteiger partial charge in [0.05, 0.1) is 11.6 Å². The molecule has 1 aromatic heterocycles. The Hall–Kier alpha value is -3.78. The molecule has 6 rings (SSSR count). The summed E-state index contributed by atoms with van der Waals surface area (Å²) in [7, 11) is -2.51. The average Bonchev–Trinajstić information content (AvgIpc) is 3.60. The van der Waals surface area contributed by atoms with Gasteiger partial charge in [-0.25, -0.2) is 18.0 Å². The largest absolute Gasteiger partial charge is 0.440 e. The first-order valence-electron chi connectivity index (χ1n) is 14.0. The lowest BCUT2D eigenvalue weighted by molar-refractivity contribution is -0.127.